The number of quaternary nitrogens is 1. The first kappa shape index (κ1) is 23.7. The number of carbonyl (C=O) groups is 2. The largest absolute Gasteiger partial charge is 0.424 e. The van der Waals surface area contributed by atoms with Gasteiger partial charge >= 0.3 is 11.9 Å². The second-order valence-corrected chi connectivity index (χ2v) is 9.90. The molecule has 0 radical (unpaired) electrons. The van der Waals surface area contributed by atoms with Crippen molar-refractivity contribution in [3.63, 3.8) is 0 Å². The number of hydrogen-bond donors (Lipinski definition) is 3. The fourth-order valence-corrected chi connectivity index (χ4v) is 5.97. The lowest BCUT2D eigenvalue weighted by molar-refractivity contribution is -0.788. The molecule has 6 nitrogen and oxygen atoms in total. The Morgan fingerprint density at radius 2 is 1.69 bits per heavy atom. The highest BCUT2D eigenvalue weighted by Gasteiger charge is 2.63. The van der Waals surface area contributed by atoms with E-state index in [1.807, 2.05) is 49.4 Å². The van der Waals surface area contributed by atoms with Crippen LogP contribution in [-0.4, -0.2) is 34.1 Å². The molecular formula is C28H29ClN3O3+. The highest BCUT2D eigenvalue weighted by Crippen LogP contribution is 2.50. The van der Waals surface area contributed by atoms with Crippen LogP contribution in [-0.2, 0) is 23.5 Å². The molecule has 1 unspecified atom stereocenters. The lowest BCUT2D eigenvalue weighted by Gasteiger charge is -2.38. The maximum atomic E-state index is 14.5. The summed E-state index contributed by atoms with van der Waals surface area (Å²) in [6.07, 6.45) is 1.43. The number of halogens is 1. The van der Waals surface area contributed by atoms with Crippen molar-refractivity contribution in [2.75, 3.05) is 6.54 Å². The van der Waals surface area contributed by atoms with Crippen LogP contribution in [0.15, 0.2) is 66.7 Å². The summed E-state index contributed by atoms with van der Waals surface area (Å²) in [5.41, 5.74) is 8.31. The molecule has 3 aromatic carbocycles. The monoisotopic (exact) mass is 490 g/mol. The molecule has 1 fully saturated rings. The van der Waals surface area contributed by atoms with E-state index in [2.05, 4.69) is 5.32 Å². The highest BCUT2D eigenvalue weighted by molar-refractivity contribution is 6.30. The molecule has 180 valence electrons. The van der Waals surface area contributed by atoms with Crippen molar-refractivity contribution in [2.45, 2.75) is 44.5 Å². The number of nitrogens with zero attached hydrogens (tertiary/aromatic N) is 1. The number of imide groups is 1. The summed E-state index contributed by atoms with van der Waals surface area (Å²) in [6.45, 7) is 2.74. The molecule has 0 saturated carbocycles. The van der Waals surface area contributed by atoms with Crippen LogP contribution in [0.5, 0.6) is 0 Å². The fourth-order valence-electron chi connectivity index (χ4n) is 5.77. The SMILES string of the molecule is C[C@@H]1CCC[N+]1(C(=O)NCc1cc(Cl)ccc1CN)C(=O)C1(O)c2ccccc2-c2ccccc21. The van der Waals surface area contributed by atoms with Gasteiger partial charge in [0.1, 0.15) is 6.04 Å². The minimum Gasteiger partial charge on any atom is -0.369 e. The summed E-state index contributed by atoms with van der Waals surface area (Å²) >= 11 is 6.17. The molecule has 0 spiro atoms. The normalized spacial score (nSPS) is 21.9. The topological polar surface area (TPSA) is 92.4 Å². The van der Waals surface area contributed by atoms with Gasteiger partial charge in [-0.2, -0.15) is 4.48 Å². The predicted octanol–water partition coefficient (Wildman–Crippen LogP) is 4.45. The van der Waals surface area contributed by atoms with E-state index >= 15 is 0 Å². The van der Waals surface area contributed by atoms with Crippen LogP contribution in [0.3, 0.4) is 0 Å². The third-order valence-corrected chi connectivity index (χ3v) is 7.90. The second-order valence-electron chi connectivity index (χ2n) is 9.47. The van der Waals surface area contributed by atoms with Gasteiger partial charge < -0.3 is 16.2 Å². The van der Waals surface area contributed by atoms with Crippen molar-refractivity contribution in [3.05, 3.63) is 94.0 Å². The fraction of sp³-hybridized carbons (Fsp3) is 0.286. The van der Waals surface area contributed by atoms with Crippen molar-refractivity contribution in [1.82, 2.24) is 5.32 Å². The summed E-state index contributed by atoms with van der Waals surface area (Å²) in [5.74, 6) is -0.512. The Kier molecular flexibility index (Phi) is 6.01. The van der Waals surface area contributed by atoms with Crippen LogP contribution in [0.2, 0.25) is 5.02 Å². The van der Waals surface area contributed by atoms with Gasteiger partial charge in [0.2, 0.25) is 5.60 Å². The molecule has 7 heteroatoms. The molecule has 35 heavy (non-hydrogen) atoms. The minimum atomic E-state index is -1.92. The number of hydrogen-bond acceptors (Lipinski definition) is 4. The molecular weight excluding hydrogens is 462 g/mol. The first-order valence-electron chi connectivity index (χ1n) is 11.9. The Morgan fingerprint density at radius 1 is 1.06 bits per heavy atom. The maximum absolute atomic E-state index is 14.5. The molecule has 1 saturated heterocycles. The van der Waals surface area contributed by atoms with E-state index in [1.54, 1.807) is 24.3 Å². The van der Waals surface area contributed by atoms with Crippen molar-refractivity contribution in [2.24, 2.45) is 5.73 Å². The third-order valence-electron chi connectivity index (χ3n) is 7.66. The zero-order valence-corrected chi connectivity index (χ0v) is 20.4. The second kappa shape index (κ2) is 8.88. The summed E-state index contributed by atoms with van der Waals surface area (Å²) in [6, 6.07) is 19.5. The molecule has 1 heterocycles. The molecule has 0 aromatic heterocycles. The van der Waals surface area contributed by atoms with Gasteiger partial charge in [0.25, 0.3) is 0 Å². The summed E-state index contributed by atoms with van der Waals surface area (Å²) in [4.78, 5) is 28.3. The van der Waals surface area contributed by atoms with Gasteiger partial charge in [-0.05, 0) is 41.3 Å². The van der Waals surface area contributed by atoms with Gasteiger partial charge in [0, 0.05) is 42.1 Å². The number of benzene rings is 3. The number of aliphatic hydroxyl groups is 1. The minimum absolute atomic E-state index is 0.192. The zero-order chi connectivity index (χ0) is 24.8. The van der Waals surface area contributed by atoms with Crippen LogP contribution in [0.4, 0.5) is 4.79 Å². The number of nitrogens with one attached hydrogen (secondary N) is 1. The maximum Gasteiger partial charge on any atom is 0.424 e. The predicted molar refractivity (Wildman–Crippen MR) is 135 cm³/mol. The van der Waals surface area contributed by atoms with Crippen LogP contribution >= 0.6 is 11.6 Å². The number of likely N-dealkylation sites (tertiary alicyclic amines) is 1. The average molecular weight is 491 g/mol. The molecule has 1 aliphatic heterocycles. The molecule has 1 aliphatic carbocycles. The number of carbonyl (C=O) groups excluding carboxylic acids is 2. The Hall–Kier alpha value is -3.03. The van der Waals surface area contributed by atoms with E-state index in [4.69, 9.17) is 17.3 Å². The molecule has 5 rings (SSSR count). The molecule has 3 aromatic rings. The number of urea groups is 1. The van der Waals surface area contributed by atoms with Crippen LogP contribution in [0.1, 0.15) is 42.0 Å². The van der Waals surface area contributed by atoms with E-state index in [0.717, 1.165) is 22.3 Å². The average Bonchev–Trinajstić information content (AvgIpc) is 3.39. The van der Waals surface area contributed by atoms with Gasteiger partial charge in [0.15, 0.2) is 0 Å². The Labute approximate surface area is 209 Å². The quantitative estimate of drug-likeness (QED) is 0.471. The zero-order valence-electron chi connectivity index (χ0n) is 19.6. The molecule has 0 bridgehead atoms. The summed E-state index contributed by atoms with van der Waals surface area (Å²) in [5, 5.41) is 15.7. The smallest absolute Gasteiger partial charge is 0.369 e. The first-order valence-corrected chi connectivity index (χ1v) is 12.3. The summed E-state index contributed by atoms with van der Waals surface area (Å²) in [7, 11) is 0. The van der Waals surface area contributed by atoms with Crippen LogP contribution in [0, 0.1) is 0 Å². The lowest BCUT2D eigenvalue weighted by Crippen LogP contribution is -2.67. The first-order chi connectivity index (χ1) is 16.8. The lowest BCUT2D eigenvalue weighted by atomic mass is 9.88. The Balaban J connectivity index is 1.55. The molecule has 4 N–H and O–H groups in total. The van der Waals surface area contributed by atoms with Crippen molar-refractivity contribution < 1.29 is 19.2 Å². The number of amides is 3. The van der Waals surface area contributed by atoms with Gasteiger partial charge in [-0.25, -0.2) is 9.59 Å². The standard InChI is InChI=1S/C28H28ClN3O3/c1-18-7-6-14-32(18,27(34)31-17-20-15-21(29)13-12-19(20)16-30)26(33)28(35)24-10-4-2-8-22(24)23-9-3-5-11-25(23)28/h2-5,8-13,15,18,35H,6-7,14,16-17,30H2,1H3/p+1/t18-,32?/m1/s1. The van der Waals surface area contributed by atoms with Gasteiger partial charge in [0.05, 0.1) is 6.54 Å². The van der Waals surface area contributed by atoms with E-state index in [1.165, 1.54) is 0 Å². The molecule has 2 atom stereocenters. The summed E-state index contributed by atoms with van der Waals surface area (Å²) < 4.78 is -0.461. The molecule has 2 aliphatic rings. The van der Waals surface area contributed by atoms with Crippen molar-refractivity contribution in [1.29, 1.82) is 0 Å². The Bertz CT molecular complexity index is 1280. The van der Waals surface area contributed by atoms with E-state index in [0.29, 0.717) is 42.1 Å². The number of rotatable bonds is 4. The van der Waals surface area contributed by atoms with Gasteiger partial charge in [-0.3, -0.25) is 0 Å². The van der Waals surface area contributed by atoms with Gasteiger partial charge in [-0.1, -0.05) is 66.2 Å². The van der Waals surface area contributed by atoms with Crippen molar-refractivity contribution >= 4 is 23.5 Å². The van der Waals surface area contributed by atoms with Gasteiger partial charge in [-0.15, -0.1) is 0 Å². The third kappa shape index (κ3) is 3.52. The van der Waals surface area contributed by atoms with Crippen molar-refractivity contribution in [3.8, 4) is 11.1 Å². The van der Waals surface area contributed by atoms with E-state index < -0.39 is 22.0 Å². The Morgan fingerprint density at radius 3 is 2.26 bits per heavy atom. The molecule has 3 amide bonds. The van der Waals surface area contributed by atoms with E-state index in [9.17, 15) is 14.7 Å². The number of fused-ring (bicyclic) bond motifs is 3. The van der Waals surface area contributed by atoms with E-state index in [-0.39, 0.29) is 12.6 Å². The van der Waals surface area contributed by atoms with Crippen LogP contribution < -0.4 is 11.1 Å². The highest BCUT2D eigenvalue weighted by atomic mass is 35.5. The number of nitrogens with two attached hydrogens (primary N) is 1. The van der Waals surface area contributed by atoms with Crippen LogP contribution in [0.25, 0.3) is 11.1 Å².